The number of carbonyl (C=O) groups is 1. The van der Waals surface area contributed by atoms with Crippen LogP contribution in [0.4, 0.5) is 0 Å². The largest absolute Gasteiger partial charge is 0.481 e. The van der Waals surface area contributed by atoms with Crippen molar-refractivity contribution in [3.63, 3.8) is 0 Å². The highest BCUT2D eigenvalue weighted by Gasteiger charge is 2.28. The second-order valence-electron chi connectivity index (χ2n) is 7.66. The van der Waals surface area contributed by atoms with Crippen molar-refractivity contribution in [3.05, 3.63) is 67.3 Å². The molecular formula is C23H21N5O3. The first-order valence-electron chi connectivity index (χ1n) is 9.68. The maximum atomic E-state index is 11.2. The van der Waals surface area contributed by atoms with Crippen LogP contribution in [0.3, 0.4) is 0 Å². The van der Waals surface area contributed by atoms with E-state index in [4.69, 9.17) is 9.84 Å². The molecule has 3 heterocycles. The summed E-state index contributed by atoms with van der Waals surface area (Å²) in [5.74, 6) is 0.0173. The number of carboxylic acids is 1. The second kappa shape index (κ2) is 8.35. The lowest BCUT2D eigenvalue weighted by atomic mass is 9.95. The molecule has 0 unspecified atom stereocenters. The van der Waals surface area contributed by atoms with Crippen molar-refractivity contribution in [2.24, 2.45) is 5.41 Å². The molecule has 0 saturated heterocycles. The molecule has 0 saturated carbocycles. The van der Waals surface area contributed by atoms with Gasteiger partial charge in [0, 0.05) is 11.8 Å². The smallest absolute Gasteiger partial charge is 0.312 e. The van der Waals surface area contributed by atoms with E-state index < -0.39 is 11.4 Å². The van der Waals surface area contributed by atoms with Gasteiger partial charge in [-0.05, 0) is 31.5 Å². The Balaban J connectivity index is 1.45. The minimum Gasteiger partial charge on any atom is -0.481 e. The molecule has 0 spiro atoms. The fourth-order valence-electron chi connectivity index (χ4n) is 2.76. The van der Waals surface area contributed by atoms with Gasteiger partial charge in [0.15, 0.2) is 5.82 Å². The Labute approximate surface area is 179 Å². The molecule has 4 rings (SSSR count). The third-order valence-electron chi connectivity index (χ3n) is 4.75. The number of aromatic amines is 1. The van der Waals surface area contributed by atoms with E-state index in [1.54, 1.807) is 32.4 Å². The Hall–Kier alpha value is -4.07. The zero-order chi connectivity index (χ0) is 21.8. The molecule has 31 heavy (non-hydrogen) atoms. The number of carboxylic acid groups (broad SMARTS) is 1. The number of hydrogen-bond acceptors (Lipinski definition) is 6. The zero-order valence-corrected chi connectivity index (χ0v) is 17.1. The van der Waals surface area contributed by atoms with E-state index in [1.165, 1.54) is 6.20 Å². The van der Waals surface area contributed by atoms with E-state index in [1.807, 2.05) is 42.5 Å². The number of benzene rings is 1. The van der Waals surface area contributed by atoms with Gasteiger partial charge in [0.1, 0.15) is 12.3 Å². The molecule has 0 aliphatic heterocycles. The number of nitrogens with zero attached hydrogens (tertiary/aromatic N) is 4. The summed E-state index contributed by atoms with van der Waals surface area (Å²) in [6.07, 6.45) is 6.54. The summed E-state index contributed by atoms with van der Waals surface area (Å²) >= 11 is 0. The van der Waals surface area contributed by atoms with Crippen molar-refractivity contribution in [2.45, 2.75) is 13.8 Å². The SMILES string of the molecule is CC(C)(COc1cnc(-c2ccc(-c3ncc(-c4ccccc4)[nH]3)nc2)cn1)C(=O)O. The van der Waals surface area contributed by atoms with Crippen LogP contribution in [0, 0.1) is 5.41 Å². The first-order chi connectivity index (χ1) is 14.9. The van der Waals surface area contributed by atoms with E-state index in [9.17, 15) is 4.79 Å². The Bertz CT molecular complexity index is 1170. The summed E-state index contributed by atoms with van der Waals surface area (Å²) in [6.45, 7) is 3.18. The topological polar surface area (TPSA) is 114 Å². The second-order valence-corrected chi connectivity index (χ2v) is 7.66. The highest BCUT2D eigenvalue weighted by atomic mass is 16.5. The highest BCUT2D eigenvalue weighted by molar-refractivity contribution is 5.73. The van der Waals surface area contributed by atoms with Crippen molar-refractivity contribution < 1.29 is 14.6 Å². The van der Waals surface area contributed by atoms with Crippen LogP contribution in [-0.4, -0.2) is 42.6 Å². The highest BCUT2D eigenvalue weighted by Crippen LogP contribution is 2.23. The number of aliphatic carboxylic acids is 1. The molecule has 8 nitrogen and oxygen atoms in total. The van der Waals surface area contributed by atoms with Gasteiger partial charge in [-0.3, -0.25) is 9.78 Å². The van der Waals surface area contributed by atoms with Crippen molar-refractivity contribution in [1.82, 2.24) is 24.9 Å². The Morgan fingerprint density at radius 3 is 2.32 bits per heavy atom. The summed E-state index contributed by atoms with van der Waals surface area (Å²) in [5, 5.41) is 9.15. The van der Waals surface area contributed by atoms with Crippen LogP contribution in [0.5, 0.6) is 5.88 Å². The zero-order valence-electron chi connectivity index (χ0n) is 17.1. The molecular weight excluding hydrogens is 394 g/mol. The van der Waals surface area contributed by atoms with Crippen molar-refractivity contribution >= 4 is 5.97 Å². The first kappa shape index (κ1) is 20.2. The quantitative estimate of drug-likeness (QED) is 0.467. The fourth-order valence-corrected chi connectivity index (χ4v) is 2.76. The van der Waals surface area contributed by atoms with Crippen molar-refractivity contribution in [3.8, 4) is 39.9 Å². The van der Waals surface area contributed by atoms with Crippen LogP contribution in [0.25, 0.3) is 34.0 Å². The van der Waals surface area contributed by atoms with Gasteiger partial charge in [0.25, 0.3) is 0 Å². The Morgan fingerprint density at radius 1 is 0.903 bits per heavy atom. The monoisotopic (exact) mass is 415 g/mol. The molecule has 0 aliphatic carbocycles. The number of pyridine rings is 1. The van der Waals surface area contributed by atoms with E-state index in [-0.39, 0.29) is 12.5 Å². The molecule has 3 aromatic heterocycles. The van der Waals surface area contributed by atoms with E-state index in [2.05, 4.69) is 24.9 Å². The van der Waals surface area contributed by atoms with Gasteiger partial charge < -0.3 is 14.8 Å². The van der Waals surface area contributed by atoms with Gasteiger partial charge >= 0.3 is 5.97 Å². The van der Waals surface area contributed by atoms with Crippen molar-refractivity contribution in [2.75, 3.05) is 6.61 Å². The molecule has 0 bridgehead atoms. The van der Waals surface area contributed by atoms with Crippen LogP contribution in [0.15, 0.2) is 67.3 Å². The Kier molecular flexibility index (Phi) is 5.44. The molecule has 0 amide bonds. The molecule has 2 N–H and O–H groups in total. The Morgan fingerprint density at radius 2 is 1.68 bits per heavy atom. The molecule has 4 aromatic rings. The summed E-state index contributed by atoms with van der Waals surface area (Å²) in [4.78, 5) is 31.9. The van der Waals surface area contributed by atoms with Crippen LogP contribution >= 0.6 is 0 Å². The number of rotatable bonds is 7. The number of nitrogens with one attached hydrogen (secondary N) is 1. The van der Waals surface area contributed by atoms with E-state index >= 15 is 0 Å². The summed E-state index contributed by atoms with van der Waals surface area (Å²) in [5.41, 5.74) is 3.12. The minimum atomic E-state index is -1.01. The maximum absolute atomic E-state index is 11.2. The van der Waals surface area contributed by atoms with Crippen LogP contribution in [0.2, 0.25) is 0 Å². The average Bonchev–Trinajstić information content (AvgIpc) is 3.29. The van der Waals surface area contributed by atoms with E-state index in [0.717, 1.165) is 22.5 Å². The standard InChI is InChI=1S/C23H21N5O3/c1-23(2,22(29)30)14-31-20-13-25-18(11-26-20)16-8-9-17(24-10-16)21-27-12-19(28-21)15-6-4-3-5-7-15/h3-13H,14H2,1-2H3,(H,27,28)(H,29,30). The predicted octanol–water partition coefficient (Wildman–Crippen LogP) is 4.09. The predicted molar refractivity (Wildman–Crippen MR) is 115 cm³/mol. The third kappa shape index (κ3) is 4.58. The van der Waals surface area contributed by atoms with Crippen molar-refractivity contribution in [1.29, 1.82) is 0 Å². The maximum Gasteiger partial charge on any atom is 0.312 e. The van der Waals surface area contributed by atoms with Crippen LogP contribution in [-0.2, 0) is 4.79 Å². The first-order valence-corrected chi connectivity index (χ1v) is 9.68. The molecule has 0 atom stereocenters. The lowest BCUT2D eigenvalue weighted by Crippen LogP contribution is -2.30. The van der Waals surface area contributed by atoms with Gasteiger partial charge in [-0.2, -0.15) is 0 Å². The fraction of sp³-hybridized carbons (Fsp3) is 0.174. The summed E-state index contributed by atoms with van der Waals surface area (Å²) in [7, 11) is 0. The van der Waals surface area contributed by atoms with Gasteiger partial charge in [-0.15, -0.1) is 0 Å². The third-order valence-corrected chi connectivity index (χ3v) is 4.75. The number of H-pyrrole nitrogens is 1. The van der Waals surface area contributed by atoms with Gasteiger partial charge in [0.05, 0.1) is 35.4 Å². The summed E-state index contributed by atoms with van der Waals surface area (Å²) < 4.78 is 5.46. The van der Waals surface area contributed by atoms with Gasteiger partial charge in [0.2, 0.25) is 5.88 Å². The molecule has 156 valence electrons. The summed E-state index contributed by atoms with van der Waals surface area (Å²) in [6, 6.07) is 13.7. The normalized spacial score (nSPS) is 11.3. The molecule has 1 aromatic carbocycles. The lowest BCUT2D eigenvalue weighted by Gasteiger charge is -2.18. The number of ether oxygens (including phenoxy) is 1. The molecule has 0 aliphatic rings. The number of hydrogen-bond donors (Lipinski definition) is 2. The van der Waals surface area contributed by atoms with Gasteiger partial charge in [-0.1, -0.05) is 30.3 Å². The molecule has 0 radical (unpaired) electrons. The minimum absolute atomic E-state index is 0.000723. The average molecular weight is 415 g/mol. The van der Waals surface area contributed by atoms with Gasteiger partial charge in [-0.25, -0.2) is 15.0 Å². The number of imidazole rings is 1. The van der Waals surface area contributed by atoms with Crippen LogP contribution < -0.4 is 4.74 Å². The van der Waals surface area contributed by atoms with Crippen LogP contribution in [0.1, 0.15) is 13.8 Å². The molecule has 8 heteroatoms. The number of aromatic nitrogens is 5. The lowest BCUT2D eigenvalue weighted by molar-refractivity contribution is -0.148. The van der Waals surface area contributed by atoms with E-state index in [0.29, 0.717) is 11.5 Å². The molecule has 0 fully saturated rings.